The summed E-state index contributed by atoms with van der Waals surface area (Å²) >= 11 is 0. The molecule has 0 radical (unpaired) electrons. The van der Waals surface area contributed by atoms with Gasteiger partial charge in [-0.25, -0.2) is 9.59 Å². The van der Waals surface area contributed by atoms with Gasteiger partial charge in [0.15, 0.2) is 6.61 Å². The van der Waals surface area contributed by atoms with E-state index in [1.807, 2.05) is 0 Å². The molecule has 0 spiro atoms. The smallest absolute Gasteiger partial charge is 0.416 e. The van der Waals surface area contributed by atoms with Crippen molar-refractivity contribution in [2.45, 2.75) is 6.18 Å². The summed E-state index contributed by atoms with van der Waals surface area (Å²) in [5.41, 5.74) is -1.55. The van der Waals surface area contributed by atoms with Gasteiger partial charge in [0.25, 0.3) is 0 Å². The molecular weight excluding hydrogens is 307 g/mol. The van der Waals surface area contributed by atoms with Gasteiger partial charge in [-0.15, -0.1) is 0 Å². The number of fused-ring (bicyclic) bond motifs is 1. The molecule has 0 bridgehead atoms. The maximum absolute atomic E-state index is 12.6. The quantitative estimate of drug-likeness (QED) is 0.899. The van der Waals surface area contributed by atoms with Gasteiger partial charge < -0.3 is 14.9 Å². The van der Waals surface area contributed by atoms with E-state index in [4.69, 9.17) is 14.9 Å². The second-order valence-corrected chi connectivity index (χ2v) is 4.22. The van der Waals surface area contributed by atoms with E-state index in [1.165, 1.54) is 0 Å². The van der Waals surface area contributed by atoms with E-state index in [0.717, 1.165) is 24.4 Å². The van der Waals surface area contributed by atoms with Crippen molar-refractivity contribution >= 4 is 22.8 Å². The summed E-state index contributed by atoms with van der Waals surface area (Å²) < 4.78 is 42.8. The number of hydrogen-bond acceptors (Lipinski definition) is 4. The van der Waals surface area contributed by atoms with E-state index >= 15 is 0 Å². The molecule has 0 saturated carbocycles. The van der Waals surface area contributed by atoms with Crippen molar-refractivity contribution < 1.29 is 37.7 Å². The standard InChI is InChI=1S/C13H8F3NO5/c14-13(15,16)6-1-2-7-9(3-6)17-4-8(12(20)21)11(7)22-5-10(18)19/h1-4H,5H2,(H,18,19)(H,20,21). The molecule has 1 heterocycles. The van der Waals surface area contributed by atoms with E-state index in [-0.39, 0.29) is 16.7 Å². The second-order valence-electron chi connectivity index (χ2n) is 4.22. The number of hydrogen-bond donors (Lipinski definition) is 2. The predicted molar refractivity (Wildman–Crippen MR) is 66.8 cm³/mol. The molecule has 0 aliphatic heterocycles. The fourth-order valence-electron chi connectivity index (χ4n) is 1.79. The monoisotopic (exact) mass is 315 g/mol. The van der Waals surface area contributed by atoms with Crippen LogP contribution in [0, 0.1) is 0 Å². The van der Waals surface area contributed by atoms with Crippen LogP contribution in [-0.4, -0.2) is 33.7 Å². The summed E-state index contributed by atoms with van der Waals surface area (Å²) in [7, 11) is 0. The van der Waals surface area contributed by atoms with Gasteiger partial charge in [-0.2, -0.15) is 13.2 Å². The zero-order valence-electron chi connectivity index (χ0n) is 10.7. The molecule has 2 aromatic rings. The Balaban J connectivity index is 2.62. The number of aromatic carboxylic acids is 1. The van der Waals surface area contributed by atoms with Crippen LogP contribution in [0.25, 0.3) is 10.9 Å². The Morgan fingerprint density at radius 3 is 2.45 bits per heavy atom. The van der Waals surface area contributed by atoms with Gasteiger partial charge in [-0.3, -0.25) is 4.98 Å². The van der Waals surface area contributed by atoms with E-state index in [0.29, 0.717) is 0 Å². The van der Waals surface area contributed by atoms with Crippen LogP contribution in [0.2, 0.25) is 0 Å². The summed E-state index contributed by atoms with van der Waals surface area (Å²) in [5.74, 6) is -3.13. The van der Waals surface area contributed by atoms with Crippen LogP contribution in [0.15, 0.2) is 24.4 Å². The zero-order chi connectivity index (χ0) is 16.5. The predicted octanol–water partition coefficient (Wildman–Crippen LogP) is 2.42. The van der Waals surface area contributed by atoms with Gasteiger partial charge in [-0.05, 0) is 18.2 Å². The van der Waals surface area contributed by atoms with Crippen LogP contribution >= 0.6 is 0 Å². The Morgan fingerprint density at radius 1 is 1.23 bits per heavy atom. The number of aliphatic carboxylic acids is 1. The molecule has 0 unspecified atom stereocenters. The Hall–Kier alpha value is -2.84. The molecule has 22 heavy (non-hydrogen) atoms. The molecule has 6 nitrogen and oxygen atoms in total. The molecule has 0 saturated heterocycles. The average molecular weight is 315 g/mol. The van der Waals surface area contributed by atoms with Crippen molar-refractivity contribution in [2.75, 3.05) is 6.61 Å². The molecule has 116 valence electrons. The lowest BCUT2D eigenvalue weighted by Crippen LogP contribution is -2.13. The first-order chi connectivity index (χ1) is 10.2. The van der Waals surface area contributed by atoms with Crippen molar-refractivity contribution in [3.63, 3.8) is 0 Å². The van der Waals surface area contributed by atoms with Crippen molar-refractivity contribution in [1.82, 2.24) is 4.98 Å². The first-order valence-corrected chi connectivity index (χ1v) is 5.78. The normalized spacial score (nSPS) is 11.4. The van der Waals surface area contributed by atoms with Gasteiger partial charge in [0.2, 0.25) is 0 Å². The third-order valence-corrected chi connectivity index (χ3v) is 2.72. The van der Waals surface area contributed by atoms with E-state index in [1.54, 1.807) is 0 Å². The number of pyridine rings is 1. The Kier molecular flexibility index (Phi) is 3.89. The summed E-state index contributed by atoms with van der Waals surface area (Å²) in [4.78, 5) is 25.3. The summed E-state index contributed by atoms with van der Waals surface area (Å²) in [5, 5.41) is 17.6. The highest BCUT2D eigenvalue weighted by Gasteiger charge is 2.31. The molecule has 2 rings (SSSR count). The molecule has 0 fully saturated rings. The summed E-state index contributed by atoms with van der Waals surface area (Å²) in [6.07, 6.45) is -3.76. The number of carbonyl (C=O) groups is 2. The van der Waals surface area contributed by atoms with Gasteiger partial charge in [0, 0.05) is 11.6 Å². The zero-order valence-corrected chi connectivity index (χ0v) is 10.7. The van der Waals surface area contributed by atoms with Crippen molar-refractivity contribution in [3.05, 3.63) is 35.5 Å². The highest BCUT2D eigenvalue weighted by molar-refractivity contribution is 5.99. The minimum absolute atomic E-state index is 0.0193. The van der Waals surface area contributed by atoms with Gasteiger partial charge in [0.05, 0.1) is 11.1 Å². The largest absolute Gasteiger partial charge is 0.480 e. The summed E-state index contributed by atoms with van der Waals surface area (Å²) in [6, 6.07) is 2.46. The highest BCUT2D eigenvalue weighted by Crippen LogP contribution is 2.34. The highest BCUT2D eigenvalue weighted by atomic mass is 19.4. The lowest BCUT2D eigenvalue weighted by atomic mass is 10.1. The number of rotatable bonds is 4. The van der Waals surface area contributed by atoms with Crippen molar-refractivity contribution in [3.8, 4) is 5.75 Å². The first kappa shape index (κ1) is 15.5. The molecule has 2 N–H and O–H groups in total. The van der Waals surface area contributed by atoms with Crippen LogP contribution < -0.4 is 4.74 Å². The van der Waals surface area contributed by atoms with Crippen LogP contribution in [0.4, 0.5) is 13.2 Å². The molecule has 0 amide bonds. The molecular formula is C13H8F3NO5. The fourth-order valence-corrected chi connectivity index (χ4v) is 1.79. The number of ether oxygens (including phenoxy) is 1. The Bertz CT molecular complexity index is 757. The number of aromatic nitrogens is 1. The van der Waals surface area contributed by atoms with Crippen molar-refractivity contribution in [1.29, 1.82) is 0 Å². The number of halogens is 3. The minimum Gasteiger partial charge on any atom is -0.480 e. The maximum atomic E-state index is 12.6. The summed E-state index contributed by atoms with van der Waals surface area (Å²) in [6.45, 7) is -0.833. The van der Waals surface area contributed by atoms with Gasteiger partial charge in [-0.1, -0.05) is 0 Å². The molecule has 1 aromatic carbocycles. The molecule has 1 aromatic heterocycles. The number of carboxylic acid groups (broad SMARTS) is 2. The lowest BCUT2D eigenvalue weighted by Gasteiger charge is -2.12. The number of nitrogens with zero attached hydrogens (tertiary/aromatic N) is 1. The van der Waals surface area contributed by atoms with Crippen LogP contribution in [-0.2, 0) is 11.0 Å². The third kappa shape index (κ3) is 3.08. The van der Waals surface area contributed by atoms with Gasteiger partial charge in [0.1, 0.15) is 11.3 Å². The number of carboxylic acids is 2. The maximum Gasteiger partial charge on any atom is 0.416 e. The number of alkyl halides is 3. The van der Waals surface area contributed by atoms with E-state index < -0.39 is 35.8 Å². The van der Waals surface area contributed by atoms with E-state index in [2.05, 4.69) is 4.98 Å². The minimum atomic E-state index is -4.58. The van der Waals surface area contributed by atoms with Crippen molar-refractivity contribution in [2.24, 2.45) is 0 Å². The molecule has 0 atom stereocenters. The first-order valence-electron chi connectivity index (χ1n) is 5.78. The Morgan fingerprint density at radius 2 is 1.91 bits per heavy atom. The van der Waals surface area contributed by atoms with Crippen LogP contribution in [0.3, 0.4) is 0 Å². The molecule has 9 heteroatoms. The fraction of sp³-hybridized carbons (Fsp3) is 0.154. The van der Waals surface area contributed by atoms with E-state index in [9.17, 15) is 22.8 Å². The second kappa shape index (κ2) is 5.51. The Labute approximate surface area is 120 Å². The lowest BCUT2D eigenvalue weighted by molar-refractivity contribution is -0.139. The topological polar surface area (TPSA) is 96.7 Å². The average Bonchev–Trinajstić information content (AvgIpc) is 2.42. The third-order valence-electron chi connectivity index (χ3n) is 2.72. The van der Waals surface area contributed by atoms with Gasteiger partial charge >= 0.3 is 18.1 Å². The molecule has 0 aliphatic carbocycles. The van der Waals surface area contributed by atoms with Crippen LogP contribution in [0.1, 0.15) is 15.9 Å². The SMILES string of the molecule is O=C(O)COc1c(C(=O)O)cnc2cc(C(F)(F)F)ccc12. The van der Waals surface area contributed by atoms with Crippen LogP contribution in [0.5, 0.6) is 5.75 Å². The molecule has 0 aliphatic rings. The number of benzene rings is 1.